The lowest BCUT2D eigenvalue weighted by Gasteiger charge is -2.12. The van der Waals surface area contributed by atoms with Gasteiger partial charge in [-0.15, -0.1) is 0 Å². The molecule has 0 amide bonds. The zero-order valence-electron chi connectivity index (χ0n) is 15.4. The van der Waals surface area contributed by atoms with Crippen LogP contribution >= 0.6 is 0 Å². The van der Waals surface area contributed by atoms with E-state index in [2.05, 4.69) is 58.8 Å². The van der Waals surface area contributed by atoms with Crippen molar-refractivity contribution in [1.82, 2.24) is 0 Å². The van der Waals surface area contributed by atoms with Crippen LogP contribution < -0.4 is 0 Å². The van der Waals surface area contributed by atoms with E-state index in [0.717, 1.165) is 46.5 Å². The minimum atomic E-state index is -0.0371. The van der Waals surface area contributed by atoms with Crippen LogP contribution in [-0.4, -0.2) is 11.4 Å². The summed E-state index contributed by atoms with van der Waals surface area (Å²) in [5.41, 5.74) is 6.48. The lowest BCUT2D eigenvalue weighted by atomic mass is 9.96. The monoisotopic (exact) mass is 368 g/mol. The molecule has 0 aromatic heterocycles. The summed E-state index contributed by atoms with van der Waals surface area (Å²) in [5.74, 6) is 0. The Balaban J connectivity index is 1.24. The number of oxime groups is 2. The molecule has 2 aliphatic rings. The van der Waals surface area contributed by atoms with Gasteiger partial charge in [0.2, 0.25) is 0 Å². The number of hydrogen-bond acceptors (Lipinski definition) is 4. The van der Waals surface area contributed by atoms with Crippen molar-refractivity contribution in [2.45, 2.75) is 25.0 Å². The summed E-state index contributed by atoms with van der Waals surface area (Å²) >= 11 is 0. The van der Waals surface area contributed by atoms with E-state index in [-0.39, 0.29) is 12.2 Å². The van der Waals surface area contributed by atoms with Crippen molar-refractivity contribution in [2.24, 2.45) is 10.3 Å². The second-order valence-corrected chi connectivity index (χ2v) is 7.07. The summed E-state index contributed by atoms with van der Waals surface area (Å²) in [6, 6.07) is 28.8. The molecule has 28 heavy (non-hydrogen) atoms. The Morgan fingerprint density at radius 1 is 0.536 bits per heavy atom. The molecule has 0 bridgehead atoms. The van der Waals surface area contributed by atoms with Gasteiger partial charge in [-0.3, -0.25) is 0 Å². The molecule has 4 nitrogen and oxygen atoms in total. The first-order valence-corrected chi connectivity index (χ1v) is 9.53. The highest BCUT2D eigenvalue weighted by molar-refractivity contribution is 6.01. The van der Waals surface area contributed by atoms with Gasteiger partial charge in [0, 0.05) is 12.8 Å². The van der Waals surface area contributed by atoms with E-state index in [1.165, 1.54) is 0 Å². The summed E-state index contributed by atoms with van der Waals surface area (Å²) in [6.07, 6.45) is 1.49. The third kappa shape index (κ3) is 3.29. The Labute approximate surface area is 164 Å². The first kappa shape index (κ1) is 16.8. The topological polar surface area (TPSA) is 43.2 Å². The summed E-state index contributed by atoms with van der Waals surface area (Å²) < 4.78 is 0. The van der Waals surface area contributed by atoms with Crippen LogP contribution in [0.1, 0.15) is 47.3 Å². The molecule has 0 spiro atoms. The molecule has 0 radical (unpaired) electrons. The highest BCUT2D eigenvalue weighted by Crippen LogP contribution is 2.33. The maximum atomic E-state index is 5.68. The number of benzene rings is 3. The summed E-state index contributed by atoms with van der Waals surface area (Å²) in [6.45, 7) is 0. The fraction of sp³-hybridized carbons (Fsp3) is 0.167. The third-order valence-corrected chi connectivity index (χ3v) is 5.23. The van der Waals surface area contributed by atoms with E-state index >= 15 is 0 Å². The van der Waals surface area contributed by atoms with Gasteiger partial charge in [0.15, 0.2) is 12.2 Å². The van der Waals surface area contributed by atoms with E-state index in [0.29, 0.717) is 0 Å². The zero-order chi connectivity index (χ0) is 18.8. The van der Waals surface area contributed by atoms with Crippen molar-refractivity contribution in [3.05, 3.63) is 107 Å². The Morgan fingerprint density at radius 2 is 0.929 bits per heavy atom. The van der Waals surface area contributed by atoms with Gasteiger partial charge >= 0.3 is 0 Å². The van der Waals surface area contributed by atoms with E-state index in [9.17, 15) is 0 Å². The van der Waals surface area contributed by atoms with Gasteiger partial charge in [0.05, 0.1) is 11.4 Å². The van der Waals surface area contributed by atoms with Crippen LogP contribution in [0.2, 0.25) is 0 Å². The lowest BCUT2D eigenvalue weighted by Crippen LogP contribution is -2.03. The van der Waals surface area contributed by atoms with Gasteiger partial charge in [-0.05, 0) is 22.3 Å². The molecule has 0 saturated carbocycles. The molecule has 0 fully saturated rings. The molecule has 4 heteroatoms. The van der Waals surface area contributed by atoms with Crippen molar-refractivity contribution < 1.29 is 9.68 Å². The lowest BCUT2D eigenvalue weighted by molar-refractivity contribution is 0.0832. The summed E-state index contributed by atoms with van der Waals surface area (Å²) in [4.78, 5) is 11.4. The smallest absolute Gasteiger partial charge is 0.158 e. The normalized spacial score (nSPS) is 20.9. The molecule has 0 saturated heterocycles. The van der Waals surface area contributed by atoms with Crippen molar-refractivity contribution in [3.8, 4) is 0 Å². The number of hydrogen-bond donors (Lipinski definition) is 0. The molecule has 0 aliphatic carbocycles. The van der Waals surface area contributed by atoms with Crippen LogP contribution in [0.3, 0.4) is 0 Å². The van der Waals surface area contributed by atoms with Crippen LogP contribution in [0.4, 0.5) is 0 Å². The molecule has 138 valence electrons. The Bertz CT molecular complexity index is 927. The molecule has 5 rings (SSSR count). The van der Waals surface area contributed by atoms with Crippen molar-refractivity contribution in [3.63, 3.8) is 0 Å². The molecule has 3 aromatic carbocycles. The predicted molar refractivity (Wildman–Crippen MR) is 109 cm³/mol. The Morgan fingerprint density at radius 3 is 1.32 bits per heavy atom. The number of nitrogens with zero attached hydrogens (tertiary/aromatic N) is 2. The molecule has 3 aromatic rings. The van der Waals surface area contributed by atoms with Crippen LogP contribution in [0.5, 0.6) is 0 Å². The van der Waals surface area contributed by atoms with Crippen molar-refractivity contribution in [1.29, 1.82) is 0 Å². The summed E-state index contributed by atoms with van der Waals surface area (Å²) in [7, 11) is 0. The molecular formula is C24H20N2O2. The Kier molecular flexibility index (Phi) is 4.37. The first-order chi connectivity index (χ1) is 13.9. The van der Waals surface area contributed by atoms with Gasteiger partial charge < -0.3 is 9.68 Å². The second-order valence-electron chi connectivity index (χ2n) is 7.07. The average molecular weight is 368 g/mol. The maximum Gasteiger partial charge on any atom is 0.158 e. The molecule has 2 heterocycles. The van der Waals surface area contributed by atoms with E-state index in [4.69, 9.17) is 9.68 Å². The highest BCUT2D eigenvalue weighted by Gasteiger charge is 2.26. The molecule has 2 atom stereocenters. The number of rotatable bonds is 4. The molecule has 2 aliphatic heterocycles. The SMILES string of the molecule is c1ccc(C2=NOC(c3ccc(C4CC(c5ccccc5)=NO4)cc3)C2)cc1. The van der Waals surface area contributed by atoms with Gasteiger partial charge in [-0.1, -0.05) is 95.2 Å². The Hall–Kier alpha value is -3.40. The molecule has 0 N–H and O–H groups in total. The highest BCUT2D eigenvalue weighted by atomic mass is 16.6. The van der Waals surface area contributed by atoms with Crippen LogP contribution in [0.15, 0.2) is 95.2 Å². The van der Waals surface area contributed by atoms with Crippen molar-refractivity contribution >= 4 is 11.4 Å². The molecular weight excluding hydrogens is 348 g/mol. The fourth-order valence-corrected chi connectivity index (χ4v) is 3.64. The second kappa shape index (κ2) is 7.31. The zero-order valence-corrected chi connectivity index (χ0v) is 15.4. The van der Waals surface area contributed by atoms with Gasteiger partial charge in [-0.25, -0.2) is 0 Å². The fourth-order valence-electron chi connectivity index (χ4n) is 3.64. The standard InChI is InChI=1S/C24H20N2O2/c1-3-7-17(8-4-1)21-15-23(27-25-21)19-11-13-20(14-12-19)24-16-22(26-28-24)18-9-5-2-6-10-18/h1-14,23-24H,15-16H2. The predicted octanol–water partition coefficient (Wildman–Crippen LogP) is 5.42. The first-order valence-electron chi connectivity index (χ1n) is 9.53. The molecule has 2 unspecified atom stereocenters. The van der Waals surface area contributed by atoms with E-state index in [1.807, 2.05) is 36.4 Å². The average Bonchev–Trinajstić information content (AvgIpc) is 3.46. The largest absolute Gasteiger partial charge is 0.387 e. The summed E-state index contributed by atoms with van der Waals surface area (Å²) in [5, 5.41) is 8.56. The van der Waals surface area contributed by atoms with Crippen molar-refractivity contribution in [2.75, 3.05) is 0 Å². The van der Waals surface area contributed by atoms with Crippen LogP contribution in [0, 0.1) is 0 Å². The third-order valence-electron chi connectivity index (χ3n) is 5.23. The van der Waals surface area contributed by atoms with Gasteiger partial charge in [0.1, 0.15) is 0 Å². The van der Waals surface area contributed by atoms with Gasteiger partial charge in [0.25, 0.3) is 0 Å². The van der Waals surface area contributed by atoms with Crippen LogP contribution in [-0.2, 0) is 9.68 Å². The maximum absolute atomic E-state index is 5.68. The van der Waals surface area contributed by atoms with E-state index in [1.54, 1.807) is 0 Å². The van der Waals surface area contributed by atoms with E-state index < -0.39 is 0 Å². The quantitative estimate of drug-likeness (QED) is 0.617. The minimum absolute atomic E-state index is 0.0371. The van der Waals surface area contributed by atoms with Gasteiger partial charge in [-0.2, -0.15) is 0 Å². The van der Waals surface area contributed by atoms with Crippen LogP contribution in [0.25, 0.3) is 0 Å². The minimum Gasteiger partial charge on any atom is -0.387 e.